The highest BCUT2D eigenvalue weighted by Crippen LogP contribution is 2.47. The molecule has 1 saturated carbocycles. The van der Waals surface area contributed by atoms with Crippen LogP contribution in [-0.2, 0) is 69.1 Å². The molecular formula is C49H62O13. The van der Waals surface area contributed by atoms with E-state index in [0.29, 0.717) is 39.3 Å². The van der Waals surface area contributed by atoms with E-state index in [2.05, 4.69) is 0 Å². The Kier molecular flexibility index (Phi) is 15.6. The van der Waals surface area contributed by atoms with Crippen molar-refractivity contribution < 1.29 is 61.9 Å². The van der Waals surface area contributed by atoms with Gasteiger partial charge in [0.15, 0.2) is 6.29 Å². The molecule has 0 spiro atoms. The predicted octanol–water partition coefficient (Wildman–Crippen LogP) is 7.24. The number of fused-ring (bicyclic) bond motifs is 1. The van der Waals surface area contributed by atoms with Crippen LogP contribution in [0.2, 0.25) is 0 Å². The van der Waals surface area contributed by atoms with E-state index in [-0.39, 0.29) is 30.7 Å². The Morgan fingerprint density at radius 3 is 1.60 bits per heavy atom. The van der Waals surface area contributed by atoms with Gasteiger partial charge in [-0.1, -0.05) is 66.7 Å². The Labute approximate surface area is 365 Å². The number of hydrogen-bond donors (Lipinski definition) is 1. The summed E-state index contributed by atoms with van der Waals surface area (Å²) >= 11 is 0. The molecule has 1 aliphatic carbocycles. The number of methoxy groups -OCH3 is 5. The monoisotopic (exact) mass is 858 g/mol. The van der Waals surface area contributed by atoms with Crippen LogP contribution in [0, 0.1) is 11.8 Å². The van der Waals surface area contributed by atoms with Crippen molar-refractivity contribution in [2.45, 2.75) is 108 Å². The average molecular weight is 859 g/mol. The highest BCUT2D eigenvalue weighted by molar-refractivity contribution is 5.28. The van der Waals surface area contributed by atoms with Gasteiger partial charge >= 0.3 is 0 Å². The Morgan fingerprint density at radius 1 is 0.581 bits per heavy atom. The summed E-state index contributed by atoms with van der Waals surface area (Å²) in [5.74, 6) is -0.623. The van der Waals surface area contributed by atoms with Crippen molar-refractivity contribution in [3.63, 3.8) is 0 Å². The molecule has 0 bridgehead atoms. The molecule has 13 nitrogen and oxygen atoms in total. The maximum atomic E-state index is 12.3. The molecule has 0 aromatic heterocycles. The minimum absolute atomic E-state index is 0.0823. The van der Waals surface area contributed by atoms with Crippen LogP contribution in [0.1, 0.15) is 48.9 Å². The van der Waals surface area contributed by atoms with Gasteiger partial charge in [0, 0.05) is 20.1 Å². The van der Waals surface area contributed by atoms with E-state index in [1.807, 2.05) is 103 Å². The smallest absolute Gasteiger partial charge is 0.220 e. The van der Waals surface area contributed by atoms with Crippen LogP contribution in [0.4, 0.5) is 0 Å². The molecule has 11 atom stereocenters. The SMILES string of the molecule is COc1ccc(COC[C@H]2C(C[C@H]3O[C@@H](OCc4ccccc4)[C@@H]4O[C@@](C)(OC)[C@](C)(OC)O[C@H]4[C@H]3O)C[C@@H](OCc3ccc(OC)cc3)[C@@H]2OCc2ccc(OC)cc2)cc1. The van der Waals surface area contributed by atoms with Crippen LogP contribution >= 0.6 is 0 Å². The van der Waals surface area contributed by atoms with Crippen LogP contribution in [0.5, 0.6) is 17.2 Å². The summed E-state index contributed by atoms with van der Waals surface area (Å²) in [6.07, 6.45) is -4.14. The minimum atomic E-state index is -1.36. The lowest BCUT2D eigenvalue weighted by Crippen LogP contribution is -2.72. The van der Waals surface area contributed by atoms with Crippen LogP contribution < -0.4 is 14.2 Å². The lowest BCUT2D eigenvalue weighted by molar-refractivity contribution is -0.484. The number of aliphatic hydroxyl groups excluding tert-OH is 1. The predicted molar refractivity (Wildman–Crippen MR) is 228 cm³/mol. The summed E-state index contributed by atoms with van der Waals surface area (Å²) in [7, 11) is 8.00. The molecule has 0 amide bonds. The molecule has 2 saturated heterocycles. The second kappa shape index (κ2) is 21.0. The van der Waals surface area contributed by atoms with Crippen LogP contribution in [0.15, 0.2) is 103 Å². The minimum Gasteiger partial charge on any atom is -0.497 e. The number of ether oxygens (including phenoxy) is 12. The van der Waals surface area contributed by atoms with E-state index in [4.69, 9.17) is 56.8 Å². The van der Waals surface area contributed by atoms with E-state index in [1.54, 1.807) is 35.2 Å². The quantitative estimate of drug-likeness (QED) is 0.0960. The van der Waals surface area contributed by atoms with Gasteiger partial charge in [-0.25, -0.2) is 0 Å². The molecule has 62 heavy (non-hydrogen) atoms. The topological polar surface area (TPSA) is 131 Å². The normalized spacial score (nSPS) is 30.7. The fraction of sp³-hybridized carbons (Fsp3) is 0.510. The highest BCUT2D eigenvalue weighted by atomic mass is 16.8. The van der Waals surface area contributed by atoms with Gasteiger partial charge in [-0.15, -0.1) is 0 Å². The highest BCUT2D eigenvalue weighted by Gasteiger charge is 2.63. The van der Waals surface area contributed by atoms with Gasteiger partial charge in [-0.05, 0) is 91.3 Å². The van der Waals surface area contributed by atoms with Crippen molar-refractivity contribution in [1.29, 1.82) is 0 Å². The second-order valence-corrected chi connectivity index (χ2v) is 16.4. The van der Waals surface area contributed by atoms with Crippen LogP contribution in [0.25, 0.3) is 0 Å². The fourth-order valence-corrected chi connectivity index (χ4v) is 8.65. The van der Waals surface area contributed by atoms with E-state index in [1.165, 1.54) is 14.2 Å². The van der Waals surface area contributed by atoms with Gasteiger partial charge in [0.1, 0.15) is 35.6 Å². The first-order valence-corrected chi connectivity index (χ1v) is 21.2. The Balaban J connectivity index is 1.17. The summed E-state index contributed by atoms with van der Waals surface area (Å²) in [6, 6.07) is 33.4. The first-order chi connectivity index (χ1) is 30.1. The Hall–Kier alpha value is -4.12. The zero-order valence-electron chi connectivity index (χ0n) is 36.8. The standard InChI is InChI=1S/C49H62O13/c1-48(54-6)49(2,55-7)62-46-45(61-48)43(50)41(60-47(46)59-30-32-11-9-8-10-12-32)25-36-26-42(57-28-34-15-21-38(52-4)22-16-34)44(58-29-35-17-23-39(53-5)24-18-35)40(36)31-56-27-33-13-19-37(51-3)20-14-33/h8-24,36,40-47,50H,25-31H2,1-7H3/t36?,40-,41+,42+,43-,44+,45-,46+,47+,48+,49+/m0/s1. The number of aliphatic hydroxyl groups is 1. The molecule has 2 aliphatic heterocycles. The molecule has 0 radical (unpaired) electrons. The summed E-state index contributed by atoms with van der Waals surface area (Å²) < 4.78 is 74.6. The molecule has 1 unspecified atom stereocenters. The summed E-state index contributed by atoms with van der Waals surface area (Å²) in [5, 5.41) is 12.3. The van der Waals surface area contributed by atoms with Crippen molar-refractivity contribution in [3.05, 3.63) is 125 Å². The molecule has 13 heteroatoms. The molecule has 3 fully saturated rings. The van der Waals surface area contributed by atoms with Crippen molar-refractivity contribution >= 4 is 0 Å². The van der Waals surface area contributed by atoms with Gasteiger partial charge in [0.05, 0.1) is 72.7 Å². The van der Waals surface area contributed by atoms with Crippen molar-refractivity contribution in [2.24, 2.45) is 11.8 Å². The summed E-state index contributed by atoms with van der Waals surface area (Å²) in [6.45, 7) is 5.20. The van der Waals surface area contributed by atoms with Crippen LogP contribution in [0.3, 0.4) is 0 Å². The van der Waals surface area contributed by atoms with Gasteiger partial charge in [-0.3, -0.25) is 0 Å². The third-order valence-corrected chi connectivity index (χ3v) is 12.6. The average Bonchev–Trinajstić information content (AvgIpc) is 3.64. The molecule has 2 heterocycles. The second-order valence-electron chi connectivity index (χ2n) is 16.4. The number of rotatable bonds is 20. The lowest BCUT2D eigenvalue weighted by atomic mass is 9.85. The molecule has 3 aliphatic rings. The maximum absolute atomic E-state index is 12.3. The van der Waals surface area contributed by atoms with Gasteiger partial charge < -0.3 is 61.9 Å². The molecule has 4 aromatic carbocycles. The van der Waals surface area contributed by atoms with Crippen LogP contribution in [-0.4, -0.2) is 102 Å². The first-order valence-electron chi connectivity index (χ1n) is 21.2. The van der Waals surface area contributed by atoms with Gasteiger partial charge in [0.25, 0.3) is 0 Å². The van der Waals surface area contributed by atoms with Crippen molar-refractivity contribution in [3.8, 4) is 17.2 Å². The zero-order valence-corrected chi connectivity index (χ0v) is 36.8. The third kappa shape index (κ3) is 10.6. The van der Waals surface area contributed by atoms with E-state index in [9.17, 15) is 5.11 Å². The van der Waals surface area contributed by atoms with Gasteiger partial charge in [-0.2, -0.15) is 0 Å². The number of benzene rings is 4. The lowest BCUT2D eigenvalue weighted by Gasteiger charge is -2.56. The molecule has 336 valence electrons. The number of hydrogen-bond acceptors (Lipinski definition) is 13. The Morgan fingerprint density at radius 2 is 1.06 bits per heavy atom. The molecule has 1 N–H and O–H groups in total. The van der Waals surface area contributed by atoms with E-state index in [0.717, 1.165) is 39.5 Å². The van der Waals surface area contributed by atoms with Crippen molar-refractivity contribution in [1.82, 2.24) is 0 Å². The van der Waals surface area contributed by atoms with E-state index < -0.39 is 42.3 Å². The molecule has 7 rings (SSSR count). The first kappa shape index (κ1) is 45.9. The third-order valence-electron chi connectivity index (χ3n) is 12.6. The maximum Gasteiger partial charge on any atom is 0.220 e. The Bertz CT molecular complexity index is 1950. The van der Waals surface area contributed by atoms with E-state index >= 15 is 0 Å². The fourth-order valence-electron chi connectivity index (χ4n) is 8.65. The summed E-state index contributed by atoms with van der Waals surface area (Å²) in [5.41, 5.74) is 3.97. The molecular weight excluding hydrogens is 797 g/mol. The van der Waals surface area contributed by atoms with Gasteiger partial charge in [0.2, 0.25) is 11.6 Å². The largest absolute Gasteiger partial charge is 0.497 e. The summed E-state index contributed by atoms with van der Waals surface area (Å²) in [4.78, 5) is 0. The zero-order chi connectivity index (χ0) is 43.7. The van der Waals surface area contributed by atoms with Crippen molar-refractivity contribution in [2.75, 3.05) is 42.2 Å². The molecule has 4 aromatic rings.